The number of hydrogen-bond acceptors (Lipinski definition) is 2. The third kappa shape index (κ3) is 3.06. The fraction of sp³-hybridized carbons (Fsp3) is 0.273. The lowest BCUT2D eigenvalue weighted by Gasteiger charge is -2.00. The first-order valence-electron chi connectivity index (χ1n) is 4.25. The monoisotopic (exact) mass is 254 g/mol. The lowest BCUT2D eigenvalue weighted by atomic mass is 10.1. The van der Waals surface area contributed by atoms with Crippen molar-refractivity contribution in [1.29, 1.82) is 0 Å². The van der Waals surface area contributed by atoms with Crippen molar-refractivity contribution in [1.82, 2.24) is 0 Å². The van der Waals surface area contributed by atoms with Gasteiger partial charge in [-0.1, -0.05) is 27.8 Å². The minimum atomic E-state index is -0.167. The highest BCUT2D eigenvalue weighted by atomic mass is 79.9. The van der Waals surface area contributed by atoms with E-state index in [1.165, 1.54) is 0 Å². The lowest BCUT2D eigenvalue weighted by molar-refractivity contribution is 0.275. The first kappa shape index (κ1) is 11.1. The zero-order chi connectivity index (χ0) is 10.4. The van der Waals surface area contributed by atoms with Crippen molar-refractivity contribution < 1.29 is 10.2 Å². The van der Waals surface area contributed by atoms with E-state index in [9.17, 15) is 5.11 Å². The van der Waals surface area contributed by atoms with Gasteiger partial charge in [0.25, 0.3) is 0 Å². The number of aromatic hydroxyl groups is 1. The molecule has 2 N–H and O–H groups in total. The van der Waals surface area contributed by atoms with Crippen LogP contribution in [0.1, 0.15) is 17.5 Å². The summed E-state index contributed by atoms with van der Waals surface area (Å²) in [5.41, 5.74) is 1.32. The molecule has 0 aliphatic heterocycles. The van der Waals surface area contributed by atoms with Gasteiger partial charge in [0.1, 0.15) is 5.75 Å². The molecule has 0 bridgehead atoms. The van der Waals surface area contributed by atoms with E-state index in [1.807, 2.05) is 0 Å². The molecule has 1 rings (SSSR count). The second-order valence-electron chi connectivity index (χ2n) is 2.74. The number of aliphatic hydroxyl groups is 1. The number of rotatable bonds is 2. The number of hydrogen-bond donors (Lipinski definition) is 2. The van der Waals surface area contributed by atoms with E-state index in [0.29, 0.717) is 5.56 Å². The maximum Gasteiger partial charge on any atom is 0.121 e. The topological polar surface area (TPSA) is 40.5 Å². The van der Waals surface area contributed by atoms with Gasteiger partial charge in [0, 0.05) is 22.9 Å². The number of benzene rings is 1. The van der Waals surface area contributed by atoms with Gasteiger partial charge in [-0.05, 0) is 18.2 Å². The molecule has 0 spiro atoms. The average Bonchev–Trinajstić information content (AvgIpc) is 2.21. The summed E-state index contributed by atoms with van der Waals surface area (Å²) in [6, 6.07) is 4.97. The molecule has 1 aromatic carbocycles. The molecule has 0 aromatic heterocycles. The molecular formula is C11H11BrO2. The maximum atomic E-state index is 9.29. The average molecular weight is 255 g/mol. The molecule has 3 heteroatoms. The fourth-order valence-electron chi connectivity index (χ4n) is 1.00. The van der Waals surface area contributed by atoms with Crippen LogP contribution in [0.2, 0.25) is 0 Å². The lowest BCUT2D eigenvalue weighted by Crippen LogP contribution is -1.85. The standard InChI is InChI=1S/C11H11BrO2/c12-6-2-1-3-9-4-5-11(14)10(7-9)8-13/h4-5,7,13-14H,2,6,8H2. The highest BCUT2D eigenvalue weighted by Crippen LogP contribution is 2.17. The van der Waals surface area contributed by atoms with Gasteiger partial charge in [-0.25, -0.2) is 0 Å². The highest BCUT2D eigenvalue weighted by Gasteiger charge is 1.99. The van der Waals surface area contributed by atoms with E-state index >= 15 is 0 Å². The third-order valence-electron chi connectivity index (χ3n) is 1.70. The van der Waals surface area contributed by atoms with Gasteiger partial charge in [0.2, 0.25) is 0 Å². The molecule has 0 atom stereocenters. The molecule has 2 nitrogen and oxygen atoms in total. The van der Waals surface area contributed by atoms with Gasteiger partial charge in [-0.2, -0.15) is 0 Å². The van der Waals surface area contributed by atoms with Crippen LogP contribution in [0.5, 0.6) is 5.75 Å². The Bertz CT molecular complexity index is 363. The maximum absolute atomic E-state index is 9.29. The summed E-state index contributed by atoms with van der Waals surface area (Å²) in [5.74, 6) is 6.02. The van der Waals surface area contributed by atoms with Gasteiger partial charge < -0.3 is 10.2 Å². The van der Waals surface area contributed by atoms with E-state index in [2.05, 4.69) is 27.8 Å². The summed E-state index contributed by atoms with van der Waals surface area (Å²) in [7, 11) is 0. The molecule has 0 radical (unpaired) electrons. The summed E-state index contributed by atoms with van der Waals surface area (Å²) in [5, 5.41) is 19.0. The number of phenols is 1. The summed E-state index contributed by atoms with van der Waals surface area (Å²) >= 11 is 3.28. The molecule has 1 aromatic rings. The first-order valence-corrected chi connectivity index (χ1v) is 5.37. The molecule has 14 heavy (non-hydrogen) atoms. The van der Waals surface area contributed by atoms with Crippen LogP contribution in [0.15, 0.2) is 18.2 Å². The molecule has 0 heterocycles. The van der Waals surface area contributed by atoms with Crippen LogP contribution in [0, 0.1) is 11.8 Å². The predicted molar refractivity (Wildman–Crippen MR) is 59.3 cm³/mol. The largest absolute Gasteiger partial charge is 0.508 e. The second-order valence-corrected chi connectivity index (χ2v) is 3.54. The van der Waals surface area contributed by atoms with Crippen molar-refractivity contribution in [2.75, 3.05) is 5.33 Å². The Morgan fingerprint density at radius 1 is 1.36 bits per heavy atom. The molecule has 0 saturated carbocycles. The molecule has 0 saturated heterocycles. The van der Waals surface area contributed by atoms with Crippen molar-refractivity contribution in [3.05, 3.63) is 29.3 Å². The minimum Gasteiger partial charge on any atom is -0.508 e. The van der Waals surface area contributed by atoms with Gasteiger partial charge >= 0.3 is 0 Å². The zero-order valence-electron chi connectivity index (χ0n) is 7.63. The van der Waals surface area contributed by atoms with Crippen LogP contribution < -0.4 is 0 Å². The number of alkyl halides is 1. The normalized spacial score (nSPS) is 9.29. The van der Waals surface area contributed by atoms with Crippen molar-refractivity contribution >= 4 is 15.9 Å². The molecule has 74 valence electrons. The van der Waals surface area contributed by atoms with Gasteiger partial charge in [0.15, 0.2) is 0 Å². The van der Waals surface area contributed by atoms with Crippen LogP contribution >= 0.6 is 15.9 Å². The van der Waals surface area contributed by atoms with Crippen molar-refractivity contribution in [3.8, 4) is 17.6 Å². The molecule has 0 aliphatic rings. The van der Waals surface area contributed by atoms with Gasteiger partial charge in [-0.15, -0.1) is 0 Å². The zero-order valence-corrected chi connectivity index (χ0v) is 9.21. The van der Waals surface area contributed by atoms with E-state index in [0.717, 1.165) is 17.3 Å². The molecule has 0 aliphatic carbocycles. The smallest absolute Gasteiger partial charge is 0.121 e. The second kappa shape index (κ2) is 5.69. The highest BCUT2D eigenvalue weighted by molar-refractivity contribution is 9.09. The quantitative estimate of drug-likeness (QED) is 0.627. The van der Waals surface area contributed by atoms with Crippen LogP contribution in [0.4, 0.5) is 0 Å². The van der Waals surface area contributed by atoms with E-state index in [4.69, 9.17) is 5.11 Å². The third-order valence-corrected chi connectivity index (χ3v) is 2.10. The SMILES string of the molecule is OCc1cc(C#CCCBr)ccc1O. The van der Waals surface area contributed by atoms with Crippen LogP contribution in [-0.2, 0) is 6.61 Å². The van der Waals surface area contributed by atoms with Gasteiger partial charge in [0.05, 0.1) is 6.61 Å². The first-order chi connectivity index (χ1) is 6.77. The molecule has 0 unspecified atom stereocenters. The number of halogens is 1. The summed E-state index contributed by atoms with van der Waals surface area (Å²) in [6.07, 6.45) is 0.787. The van der Waals surface area contributed by atoms with Crippen molar-refractivity contribution in [3.63, 3.8) is 0 Å². The molecule has 0 amide bonds. The molecule has 0 fully saturated rings. The van der Waals surface area contributed by atoms with Crippen LogP contribution in [0.3, 0.4) is 0 Å². The minimum absolute atomic E-state index is 0.110. The summed E-state index contributed by atoms with van der Waals surface area (Å²) in [6.45, 7) is -0.167. The summed E-state index contributed by atoms with van der Waals surface area (Å²) < 4.78 is 0. The fourth-order valence-corrected chi connectivity index (χ4v) is 1.20. The van der Waals surface area contributed by atoms with E-state index < -0.39 is 0 Å². The Morgan fingerprint density at radius 3 is 2.79 bits per heavy atom. The predicted octanol–water partition coefficient (Wildman–Crippen LogP) is 2.02. The van der Waals surface area contributed by atoms with Gasteiger partial charge in [-0.3, -0.25) is 0 Å². The Hall–Kier alpha value is -0.980. The van der Waals surface area contributed by atoms with Crippen LogP contribution in [0.25, 0.3) is 0 Å². The Labute approximate surface area is 91.7 Å². The number of aliphatic hydroxyl groups excluding tert-OH is 1. The van der Waals surface area contributed by atoms with Crippen molar-refractivity contribution in [2.45, 2.75) is 13.0 Å². The Balaban J connectivity index is 2.86. The Kier molecular flexibility index (Phi) is 4.51. The summed E-state index contributed by atoms with van der Waals surface area (Å²) in [4.78, 5) is 0. The molecular weight excluding hydrogens is 244 g/mol. The van der Waals surface area contributed by atoms with Crippen molar-refractivity contribution in [2.24, 2.45) is 0 Å². The van der Waals surface area contributed by atoms with E-state index in [-0.39, 0.29) is 12.4 Å². The van der Waals surface area contributed by atoms with E-state index in [1.54, 1.807) is 18.2 Å². The van der Waals surface area contributed by atoms with Crippen LogP contribution in [-0.4, -0.2) is 15.5 Å². The Morgan fingerprint density at radius 2 is 2.14 bits per heavy atom.